The minimum absolute atomic E-state index is 0.837. The third kappa shape index (κ3) is 2.19. The van der Waals surface area contributed by atoms with Crippen molar-refractivity contribution in [2.45, 2.75) is 13.3 Å². The van der Waals surface area contributed by atoms with Crippen molar-refractivity contribution in [2.24, 2.45) is 0 Å². The Balaban J connectivity index is 1.76. The van der Waals surface area contributed by atoms with E-state index in [4.69, 9.17) is 4.42 Å². The summed E-state index contributed by atoms with van der Waals surface area (Å²) in [7, 11) is 0. The van der Waals surface area contributed by atoms with Crippen LogP contribution in [0.3, 0.4) is 0 Å². The van der Waals surface area contributed by atoms with Crippen LogP contribution >= 0.6 is 0 Å². The number of aryl methyl sites for hydroxylation is 1. The molecular weight excluding hydrogens is 274 g/mol. The molecule has 0 saturated heterocycles. The van der Waals surface area contributed by atoms with Crippen LogP contribution in [-0.4, -0.2) is 15.0 Å². The maximum absolute atomic E-state index is 5.43. The van der Waals surface area contributed by atoms with Gasteiger partial charge in [-0.2, -0.15) is 4.80 Å². The van der Waals surface area contributed by atoms with E-state index in [0.717, 1.165) is 34.5 Å². The van der Waals surface area contributed by atoms with Crippen LogP contribution < -0.4 is 0 Å². The van der Waals surface area contributed by atoms with E-state index in [0.29, 0.717) is 0 Å². The lowest BCUT2D eigenvalue weighted by Crippen LogP contribution is -1.98. The van der Waals surface area contributed by atoms with Gasteiger partial charge in [0.2, 0.25) is 0 Å². The second-order valence-electron chi connectivity index (χ2n) is 5.19. The van der Waals surface area contributed by atoms with Crippen LogP contribution in [0.4, 0.5) is 0 Å². The molecule has 4 heteroatoms. The Labute approximate surface area is 128 Å². The van der Waals surface area contributed by atoms with Gasteiger partial charge < -0.3 is 4.42 Å². The smallest absolute Gasteiger partial charge is 0.133 e. The van der Waals surface area contributed by atoms with Gasteiger partial charge in [0.1, 0.15) is 16.8 Å². The Bertz CT molecular complexity index is 905. The molecule has 0 bridgehead atoms. The zero-order valence-electron chi connectivity index (χ0n) is 12.2. The molecule has 0 aliphatic rings. The third-order valence-corrected chi connectivity index (χ3v) is 3.76. The molecule has 0 saturated carbocycles. The van der Waals surface area contributed by atoms with Gasteiger partial charge in [0.15, 0.2) is 0 Å². The number of hydrogen-bond donors (Lipinski definition) is 0. The first-order valence-corrected chi connectivity index (χ1v) is 7.34. The fourth-order valence-electron chi connectivity index (χ4n) is 2.49. The highest BCUT2D eigenvalue weighted by Crippen LogP contribution is 2.23. The first-order chi connectivity index (χ1) is 10.8. The summed E-state index contributed by atoms with van der Waals surface area (Å²) in [6.45, 7) is 2.14. The normalized spacial score (nSPS) is 11.1. The van der Waals surface area contributed by atoms with Crippen molar-refractivity contribution >= 4 is 11.0 Å². The molecule has 0 atom stereocenters. The lowest BCUT2D eigenvalue weighted by molar-refractivity contribution is 0.582. The van der Waals surface area contributed by atoms with Crippen molar-refractivity contribution in [1.82, 2.24) is 15.0 Å². The minimum Gasteiger partial charge on any atom is -0.464 e. The van der Waals surface area contributed by atoms with Crippen molar-refractivity contribution in [3.05, 3.63) is 66.4 Å². The Morgan fingerprint density at radius 1 is 0.955 bits per heavy atom. The molecule has 0 amide bonds. The van der Waals surface area contributed by atoms with Gasteiger partial charge in [-0.1, -0.05) is 19.1 Å². The zero-order valence-corrected chi connectivity index (χ0v) is 12.2. The first-order valence-electron chi connectivity index (χ1n) is 7.34. The summed E-state index contributed by atoms with van der Waals surface area (Å²) in [6, 6.07) is 18.1. The van der Waals surface area contributed by atoms with Gasteiger partial charge in [-0.25, -0.2) is 0 Å². The number of benzene rings is 2. The summed E-state index contributed by atoms with van der Waals surface area (Å²) < 4.78 is 5.43. The van der Waals surface area contributed by atoms with Crippen molar-refractivity contribution in [1.29, 1.82) is 0 Å². The molecule has 0 aliphatic carbocycles. The van der Waals surface area contributed by atoms with E-state index in [2.05, 4.69) is 29.3 Å². The van der Waals surface area contributed by atoms with E-state index in [1.54, 1.807) is 11.1 Å². The van der Waals surface area contributed by atoms with Crippen molar-refractivity contribution in [3.8, 4) is 17.0 Å². The Morgan fingerprint density at radius 2 is 1.77 bits per heavy atom. The number of aromatic nitrogens is 3. The number of fused-ring (bicyclic) bond motifs is 1. The Morgan fingerprint density at radius 3 is 2.50 bits per heavy atom. The van der Waals surface area contributed by atoms with Gasteiger partial charge in [0.25, 0.3) is 0 Å². The van der Waals surface area contributed by atoms with Gasteiger partial charge in [-0.15, -0.1) is 10.2 Å². The summed E-state index contributed by atoms with van der Waals surface area (Å²) in [4.78, 5) is 1.68. The molecule has 0 N–H and O–H groups in total. The second-order valence-corrected chi connectivity index (χ2v) is 5.19. The molecular formula is C18H15N3O. The Kier molecular flexibility index (Phi) is 3.00. The zero-order chi connectivity index (χ0) is 14.9. The first kappa shape index (κ1) is 12.8. The predicted molar refractivity (Wildman–Crippen MR) is 85.9 cm³/mol. The van der Waals surface area contributed by atoms with Gasteiger partial charge in [0, 0.05) is 5.56 Å². The van der Waals surface area contributed by atoms with E-state index < -0.39 is 0 Å². The van der Waals surface area contributed by atoms with Crippen LogP contribution in [0.2, 0.25) is 0 Å². The van der Waals surface area contributed by atoms with E-state index in [-0.39, 0.29) is 0 Å². The second kappa shape index (κ2) is 5.15. The quantitative estimate of drug-likeness (QED) is 0.566. The fraction of sp³-hybridized carbons (Fsp3) is 0.111. The van der Waals surface area contributed by atoms with Gasteiger partial charge in [-0.3, -0.25) is 0 Å². The highest BCUT2D eigenvalue weighted by molar-refractivity contribution is 5.80. The lowest BCUT2D eigenvalue weighted by Gasteiger charge is -2.00. The molecule has 4 rings (SSSR count). The third-order valence-electron chi connectivity index (χ3n) is 3.76. The monoisotopic (exact) mass is 289 g/mol. The van der Waals surface area contributed by atoms with Crippen LogP contribution in [0.15, 0.2) is 65.3 Å². The van der Waals surface area contributed by atoms with E-state index in [1.165, 1.54) is 5.56 Å². The molecule has 2 aromatic heterocycles. The summed E-state index contributed by atoms with van der Waals surface area (Å²) in [5.41, 5.74) is 5.00. The van der Waals surface area contributed by atoms with Crippen molar-refractivity contribution in [2.75, 3.05) is 0 Å². The van der Waals surface area contributed by atoms with Crippen LogP contribution in [0.5, 0.6) is 0 Å². The SMILES string of the molecule is CCc1ccc(-n2nc3ccc(-c4ccco4)cc3n2)cc1. The lowest BCUT2D eigenvalue weighted by atomic mass is 10.1. The number of hydrogen-bond acceptors (Lipinski definition) is 3. The predicted octanol–water partition coefficient (Wildman–Crippen LogP) is 4.24. The topological polar surface area (TPSA) is 43.9 Å². The van der Waals surface area contributed by atoms with Crippen molar-refractivity contribution in [3.63, 3.8) is 0 Å². The van der Waals surface area contributed by atoms with Crippen molar-refractivity contribution < 1.29 is 4.42 Å². The maximum Gasteiger partial charge on any atom is 0.133 e. The summed E-state index contributed by atoms with van der Waals surface area (Å²) in [5, 5.41) is 9.11. The molecule has 2 heterocycles. The molecule has 0 fully saturated rings. The molecule has 4 nitrogen and oxygen atoms in total. The molecule has 0 spiro atoms. The molecule has 108 valence electrons. The van der Waals surface area contributed by atoms with Gasteiger partial charge in [0.05, 0.1) is 12.0 Å². The summed E-state index contributed by atoms with van der Waals surface area (Å²) in [5.74, 6) is 0.837. The van der Waals surface area contributed by atoms with E-state index in [9.17, 15) is 0 Å². The van der Waals surface area contributed by atoms with E-state index >= 15 is 0 Å². The molecule has 0 aliphatic heterocycles. The Hall–Kier alpha value is -2.88. The average molecular weight is 289 g/mol. The van der Waals surface area contributed by atoms with Crippen LogP contribution in [-0.2, 0) is 6.42 Å². The van der Waals surface area contributed by atoms with Gasteiger partial charge >= 0.3 is 0 Å². The van der Waals surface area contributed by atoms with Gasteiger partial charge in [-0.05, 0) is 54.4 Å². The average Bonchev–Trinajstić information content (AvgIpc) is 3.23. The van der Waals surface area contributed by atoms with Crippen LogP contribution in [0, 0.1) is 0 Å². The molecule has 4 aromatic rings. The molecule has 0 unspecified atom stereocenters. The molecule has 22 heavy (non-hydrogen) atoms. The summed E-state index contributed by atoms with van der Waals surface area (Å²) >= 11 is 0. The summed E-state index contributed by atoms with van der Waals surface area (Å²) in [6.07, 6.45) is 2.70. The standard InChI is InChI=1S/C18H15N3O/c1-2-13-5-8-15(9-6-13)21-19-16-10-7-14(12-17(16)20-21)18-4-3-11-22-18/h3-12H,2H2,1H3. The van der Waals surface area contributed by atoms with Crippen LogP contribution in [0.1, 0.15) is 12.5 Å². The molecule has 2 aromatic carbocycles. The van der Waals surface area contributed by atoms with E-state index in [1.807, 2.05) is 42.5 Å². The largest absolute Gasteiger partial charge is 0.464 e. The van der Waals surface area contributed by atoms with Crippen LogP contribution in [0.25, 0.3) is 28.0 Å². The fourth-order valence-corrected chi connectivity index (χ4v) is 2.49. The number of nitrogens with zero attached hydrogens (tertiary/aromatic N) is 3. The number of furan rings is 1. The highest BCUT2D eigenvalue weighted by Gasteiger charge is 2.08. The molecule has 0 radical (unpaired) electrons. The minimum atomic E-state index is 0.837. The number of rotatable bonds is 3. The highest BCUT2D eigenvalue weighted by atomic mass is 16.3. The maximum atomic E-state index is 5.43.